The molecule has 1 amide bonds. The van der Waals surface area contributed by atoms with Crippen LogP contribution >= 0.6 is 0 Å². The van der Waals surface area contributed by atoms with Crippen molar-refractivity contribution >= 4 is 17.4 Å². The minimum Gasteiger partial charge on any atom is -0.496 e. The summed E-state index contributed by atoms with van der Waals surface area (Å²) >= 11 is 0. The van der Waals surface area contributed by atoms with E-state index >= 15 is 0 Å². The summed E-state index contributed by atoms with van der Waals surface area (Å²) in [6.07, 6.45) is 0. The van der Waals surface area contributed by atoms with E-state index in [-0.39, 0.29) is 18.3 Å². The van der Waals surface area contributed by atoms with Crippen LogP contribution in [-0.4, -0.2) is 25.4 Å². The number of Topliss-reactive ketones (excluding diaryl/α,β-unsaturated/α-hetero) is 1. The molecule has 0 aliphatic rings. The zero-order valence-electron chi connectivity index (χ0n) is 14.8. The molecule has 3 aromatic rings. The maximum absolute atomic E-state index is 12.5. The third-order valence-electron chi connectivity index (χ3n) is 3.91. The second-order valence-corrected chi connectivity index (χ2v) is 5.76. The first kappa shape index (κ1) is 18.2. The van der Waals surface area contributed by atoms with E-state index in [0.717, 1.165) is 0 Å². The summed E-state index contributed by atoms with van der Waals surface area (Å²) in [5, 5.41) is 2.81. The Bertz CT molecular complexity index is 938. The lowest BCUT2D eigenvalue weighted by atomic mass is 10.1. The van der Waals surface area contributed by atoms with Crippen LogP contribution in [0.25, 0.3) is 0 Å². The topological polar surface area (TPSA) is 64.6 Å². The van der Waals surface area contributed by atoms with E-state index in [1.165, 1.54) is 7.11 Å². The van der Waals surface area contributed by atoms with Crippen LogP contribution < -0.4 is 14.8 Å². The molecule has 0 radical (unpaired) electrons. The fourth-order valence-electron chi connectivity index (χ4n) is 2.55. The number of nitrogens with one attached hydrogen (secondary N) is 1. The van der Waals surface area contributed by atoms with Crippen LogP contribution in [0.4, 0.5) is 5.69 Å². The number of para-hydroxylation sites is 1. The molecule has 5 nitrogen and oxygen atoms in total. The molecule has 5 heteroatoms. The third-order valence-corrected chi connectivity index (χ3v) is 3.91. The van der Waals surface area contributed by atoms with Gasteiger partial charge in [-0.05, 0) is 24.3 Å². The summed E-state index contributed by atoms with van der Waals surface area (Å²) in [7, 11) is 1.52. The van der Waals surface area contributed by atoms with Crippen LogP contribution in [0.2, 0.25) is 0 Å². The van der Waals surface area contributed by atoms with Gasteiger partial charge in [0.15, 0.2) is 12.4 Å². The summed E-state index contributed by atoms with van der Waals surface area (Å²) in [6.45, 7) is -0.0755. The number of rotatable bonds is 7. The largest absolute Gasteiger partial charge is 0.496 e. The van der Waals surface area contributed by atoms with Crippen molar-refractivity contribution < 1.29 is 19.1 Å². The predicted octanol–water partition coefficient (Wildman–Crippen LogP) is 4.21. The minimum atomic E-state index is -0.287. The van der Waals surface area contributed by atoms with Gasteiger partial charge in [0.25, 0.3) is 5.91 Å². The van der Waals surface area contributed by atoms with E-state index in [9.17, 15) is 9.59 Å². The number of hydrogen-bond donors (Lipinski definition) is 1. The molecule has 27 heavy (non-hydrogen) atoms. The second-order valence-electron chi connectivity index (χ2n) is 5.76. The van der Waals surface area contributed by atoms with Gasteiger partial charge >= 0.3 is 0 Å². The smallest absolute Gasteiger partial charge is 0.259 e. The number of benzene rings is 3. The number of carbonyl (C=O) groups is 2. The number of amides is 1. The van der Waals surface area contributed by atoms with E-state index < -0.39 is 0 Å². The molecule has 0 saturated carbocycles. The number of ketones is 1. The summed E-state index contributed by atoms with van der Waals surface area (Å²) in [5.74, 6) is 0.594. The van der Waals surface area contributed by atoms with Gasteiger partial charge in [-0.3, -0.25) is 9.59 Å². The summed E-state index contributed by atoms with van der Waals surface area (Å²) in [5.41, 5.74) is 1.60. The lowest BCUT2D eigenvalue weighted by Gasteiger charge is -2.11. The van der Waals surface area contributed by atoms with Crippen LogP contribution in [0.1, 0.15) is 20.7 Å². The van der Waals surface area contributed by atoms with E-state index in [1.807, 2.05) is 6.07 Å². The van der Waals surface area contributed by atoms with E-state index in [1.54, 1.807) is 72.8 Å². The molecule has 0 aromatic heterocycles. The molecule has 136 valence electrons. The van der Waals surface area contributed by atoms with Crippen LogP contribution in [0.5, 0.6) is 11.5 Å². The molecule has 3 aromatic carbocycles. The predicted molar refractivity (Wildman–Crippen MR) is 104 cm³/mol. The molecular weight excluding hydrogens is 342 g/mol. The Balaban J connectivity index is 1.65. The van der Waals surface area contributed by atoms with Crippen LogP contribution in [0.3, 0.4) is 0 Å². The van der Waals surface area contributed by atoms with Gasteiger partial charge in [-0.1, -0.05) is 48.5 Å². The van der Waals surface area contributed by atoms with Gasteiger partial charge in [0.1, 0.15) is 11.5 Å². The van der Waals surface area contributed by atoms with Crippen molar-refractivity contribution in [1.82, 2.24) is 0 Å². The van der Waals surface area contributed by atoms with Gasteiger partial charge in [0.2, 0.25) is 0 Å². The van der Waals surface area contributed by atoms with Crippen molar-refractivity contribution in [2.24, 2.45) is 0 Å². The Kier molecular flexibility index (Phi) is 5.84. The van der Waals surface area contributed by atoms with Gasteiger partial charge in [-0.25, -0.2) is 0 Å². The highest BCUT2D eigenvalue weighted by Gasteiger charge is 2.12. The van der Waals surface area contributed by atoms with Crippen molar-refractivity contribution in [3.05, 3.63) is 90.0 Å². The first-order chi connectivity index (χ1) is 13.2. The van der Waals surface area contributed by atoms with Crippen molar-refractivity contribution in [3.8, 4) is 11.5 Å². The van der Waals surface area contributed by atoms with Gasteiger partial charge < -0.3 is 14.8 Å². The fourth-order valence-corrected chi connectivity index (χ4v) is 2.55. The van der Waals surface area contributed by atoms with Crippen molar-refractivity contribution in [3.63, 3.8) is 0 Å². The van der Waals surface area contributed by atoms with Crippen LogP contribution in [0, 0.1) is 0 Å². The Hall–Kier alpha value is -3.60. The lowest BCUT2D eigenvalue weighted by Crippen LogP contribution is -2.14. The monoisotopic (exact) mass is 361 g/mol. The summed E-state index contributed by atoms with van der Waals surface area (Å²) < 4.78 is 10.8. The highest BCUT2D eigenvalue weighted by molar-refractivity contribution is 6.06. The number of anilines is 1. The molecular formula is C22H19NO4. The maximum Gasteiger partial charge on any atom is 0.259 e. The highest BCUT2D eigenvalue weighted by Crippen LogP contribution is 2.21. The molecule has 3 rings (SSSR count). The SMILES string of the molecule is COc1ccccc1C(=O)Nc1cccc(OCC(=O)c2ccccc2)c1. The molecule has 0 spiro atoms. The average molecular weight is 361 g/mol. The van der Waals surface area contributed by atoms with E-state index in [2.05, 4.69) is 5.32 Å². The highest BCUT2D eigenvalue weighted by atomic mass is 16.5. The van der Waals surface area contributed by atoms with Crippen LogP contribution in [-0.2, 0) is 0 Å². The average Bonchev–Trinajstić information content (AvgIpc) is 2.73. The van der Waals surface area contributed by atoms with Crippen molar-refractivity contribution in [1.29, 1.82) is 0 Å². The fraction of sp³-hybridized carbons (Fsp3) is 0.0909. The Labute approximate surface area is 157 Å². The third kappa shape index (κ3) is 4.73. The lowest BCUT2D eigenvalue weighted by molar-refractivity contribution is 0.0920. The van der Waals surface area contributed by atoms with Gasteiger partial charge in [0.05, 0.1) is 12.7 Å². The van der Waals surface area contributed by atoms with Gasteiger partial charge in [-0.2, -0.15) is 0 Å². The molecule has 0 atom stereocenters. The van der Waals surface area contributed by atoms with E-state index in [4.69, 9.17) is 9.47 Å². The number of methoxy groups -OCH3 is 1. The molecule has 0 aliphatic carbocycles. The summed E-state index contributed by atoms with van der Waals surface area (Å²) in [6, 6.07) is 22.8. The van der Waals surface area contributed by atoms with Crippen LogP contribution in [0.15, 0.2) is 78.9 Å². The number of hydrogen-bond acceptors (Lipinski definition) is 4. The zero-order valence-corrected chi connectivity index (χ0v) is 14.8. The normalized spacial score (nSPS) is 10.1. The van der Waals surface area contributed by atoms with Crippen molar-refractivity contribution in [2.45, 2.75) is 0 Å². The number of carbonyl (C=O) groups excluding carboxylic acids is 2. The Morgan fingerprint density at radius 2 is 1.63 bits per heavy atom. The molecule has 0 aliphatic heterocycles. The molecule has 0 unspecified atom stereocenters. The first-order valence-electron chi connectivity index (χ1n) is 8.43. The van der Waals surface area contributed by atoms with E-state index in [0.29, 0.717) is 28.3 Å². The van der Waals surface area contributed by atoms with Crippen molar-refractivity contribution in [2.75, 3.05) is 19.0 Å². The standard InChI is InChI=1S/C22H19NO4/c1-26-21-13-6-5-12-19(21)22(25)23-17-10-7-11-18(14-17)27-15-20(24)16-8-3-2-4-9-16/h2-14H,15H2,1H3,(H,23,25). The molecule has 0 bridgehead atoms. The van der Waals surface area contributed by atoms with Gasteiger partial charge in [0, 0.05) is 17.3 Å². The first-order valence-corrected chi connectivity index (χ1v) is 8.43. The quantitative estimate of drug-likeness (QED) is 0.640. The minimum absolute atomic E-state index is 0.0755. The molecule has 0 fully saturated rings. The molecule has 1 N–H and O–H groups in total. The summed E-state index contributed by atoms with van der Waals surface area (Å²) in [4.78, 5) is 24.6. The molecule has 0 heterocycles. The van der Waals surface area contributed by atoms with Gasteiger partial charge in [-0.15, -0.1) is 0 Å². The zero-order chi connectivity index (χ0) is 19.1. The molecule has 0 saturated heterocycles. The number of ether oxygens (including phenoxy) is 2. The maximum atomic E-state index is 12.5. The Morgan fingerprint density at radius 3 is 2.41 bits per heavy atom. The second kappa shape index (κ2) is 8.67. The Morgan fingerprint density at radius 1 is 0.889 bits per heavy atom.